The maximum absolute atomic E-state index is 11.9. The zero-order valence-electron chi connectivity index (χ0n) is 12.6. The van der Waals surface area contributed by atoms with Crippen molar-refractivity contribution in [1.29, 1.82) is 0 Å². The number of ether oxygens (including phenoxy) is 2. The molecule has 1 fully saturated rings. The molecule has 0 atom stereocenters. The van der Waals surface area contributed by atoms with E-state index in [4.69, 9.17) is 9.47 Å². The van der Waals surface area contributed by atoms with Crippen LogP contribution in [0.1, 0.15) is 65.7 Å². The van der Waals surface area contributed by atoms with Gasteiger partial charge in [-0.1, -0.05) is 39.0 Å². The van der Waals surface area contributed by atoms with Crippen LogP contribution in [0.25, 0.3) is 0 Å². The maximum Gasteiger partial charge on any atom is 0.331 e. The molecule has 1 aliphatic heterocycles. The van der Waals surface area contributed by atoms with E-state index in [-0.39, 0.29) is 6.42 Å². The third kappa shape index (κ3) is 4.94. The molecule has 0 spiro atoms. The van der Waals surface area contributed by atoms with Crippen LogP contribution in [0.4, 0.5) is 0 Å². The van der Waals surface area contributed by atoms with Crippen LogP contribution in [0.15, 0.2) is 0 Å². The standard InChI is InChI=1S/C15H24O5/c1-4-5-6-7-8-9-10-11(16)12-13(17)19-15(2,3)20-14(12)18/h12H,4-10H2,1-3H3. The molecule has 20 heavy (non-hydrogen) atoms. The summed E-state index contributed by atoms with van der Waals surface area (Å²) in [5.74, 6) is -4.64. The molecule has 0 saturated carbocycles. The minimum atomic E-state index is -1.39. The van der Waals surface area contributed by atoms with Gasteiger partial charge in [-0.15, -0.1) is 0 Å². The molecule has 0 N–H and O–H groups in total. The molecule has 114 valence electrons. The number of ketones is 1. The lowest BCUT2D eigenvalue weighted by molar-refractivity contribution is -0.238. The molecular formula is C15H24O5. The van der Waals surface area contributed by atoms with Crippen molar-refractivity contribution in [2.24, 2.45) is 5.92 Å². The Bertz CT molecular complexity index is 352. The normalized spacial score (nSPS) is 18.6. The first kappa shape index (κ1) is 16.7. The maximum atomic E-state index is 11.9. The van der Waals surface area contributed by atoms with Crippen LogP contribution in [0.5, 0.6) is 0 Å². The van der Waals surface area contributed by atoms with Crippen molar-refractivity contribution >= 4 is 17.7 Å². The van der Waals surface area contributed by atoms with E-state index in [1.807, 2.05) is 0 Å². The van der Waals surface area contributed by atoms with Gasteiger partial charge in [0.25, 0.3) is 5.79 Å². The molecule has 1 aliphatic rings. The molecule has 1 heterocycles. The van der Waals surface area contributed by atoms with E-state index >= 15 is 0 Å². The lowest BCUT2D eigenvalue weighted by Crippen LogP contribution is -2.49. The summed E-state index contributed by atoms with van der Waals surface area (Å²) < 4.78 is 9.87. The SMILES string of the molecule is CCCCCCCCC(=O)C1C(=O)OC(C)(C)OC1=O. The highest BCUT2D eigenvalue weighted by Gasteiger charge is 2.46. The van der Waals surface area contributed by atoms with Crippen LogP contribution in [0.3, 0.4) is 0 Å². The summed E-state index contributed by atoms with van der Waals surface area (Å²) >= 11 is 0. The number of esters is 2. The summed E-state index contributed by atoms with van der Waals surface area (Å²) in [4.78, 5) is 35.3. The number of cyclic esters (lactones) is 2. The summed E-state index contributed by atoms with van der Waals surface area (Å²) in [7, 11) is 0. The average Bonchev–Trinajstić information content (AvgIpc) is 2.31. The molecule has 0 unspecified atom stereocenters. The Hall–Kier alpha value is -1.39. The van der Waals surface area contributed by atoms with Gasteiger partial charge >= 0.3 is 11.9 Å². The molecule has 0 aromatic carbocycles. The summed E-state index contributed by atoms with van der Waals surface area (Å²) in [6, 6.07) is 0. The molecule has 0 aromatic heterocycles. The van der Waals surface area contributed by atoms with E-state index in [0.29, 0.717) is 6.42 Å². The Morgan fingerprint density at radius 2 is 1.50 bits per heavy atom. The van der Waals surface area contributed by atoms with Gasteiger partial charge in [-0.25, -0.2) is 0 Å². The van der Waals surface area contributed by atoms with E-state index in [2.05, 4.69) is 6.92 Å². The molecule has 0 bridgehead atoms. The lowest BCUT2D eigenvalue weighted by Gasteiger charge is -2.32. The largest absolute Gasteiger partial charge is 0.422 e. The van der Waals surface area contributed by atoms with Crippen molar-refractivity contribution in [1.82, 2.24) is 0 Å². The minimum Gasteiger partial charge on any atom is -0.422 e. The van der Waals surface area contributed by atoms with Crippen molar-refractivity contribution in [2.75, 3.05) is 0 Å². The fraction of sp³-hybridized carbons (Fsp3) is 0.800. The van der Waals surface area contributed by atoms with Crippen LogP contribution < -0.4 is 0 Å². The molecule has 0 radical (unpaired) electrons. The fourth-order valence-electron chi connectivity index (χ4n) is 2.21. The first-order valence-corrected chi connectivity index (χ1v) is 7.36. The topological polar surface area (TPSA) is 69.7 Å². The van der Waals surface area contributed by atoms with Crippen molar-refractivity contribution < 1.29 is 23.9 Å². The second-order valence-corrected chi connectivity index (χ2v) is 5.66. The van der Waals surface area contributed by atoms with Crippen LogP contribution in [-0.4, -0.2) is 23.5 Å². The zero-order chi connectivity index (χ0) is 15.2. The van der Waals surface area contributed by atoms with Gasteiger partial charge in [0.2, 0.25) is 5.92 Å². The summed E-state index contributed by atoms with van der Waals surface area (Å²) in [5, 5.41) is 0. The number of hydrogen-bond acceptors (Lipinski definition) is 5. The number of unbranched alkanes of at least 4 members (excludes halogenated alkanes) is 5. The molecule has 0 amide bonds. The summed E-state index contributed by atoms with van der Waals surface area (Å²) in [6.07, 6.45) is 6.47. The first-order chi connectivity index (χ1) is 9.37. The van der Waals surface area contributed by atoms with Gasteiger partial charge in [-0.05, 0) is 6.42 Å². The van der Waals surface area contributed by atoms with Crippen molar-refractivity contribution in [3.8, 4) is 0 Å². The Morgan fingerprint density at radius 3 is 2.05 bits per heavy atom. The van der Waals surface area contributed by atoms with Crippen molar-refractivity contribution in [2.45, 2.75) is 71.5 Å². The van der Waals surface area contributed by atoms with E-state index in [0.717, 1.165) is 19.3 Å². The highest BCUT2D eigenvalue weighted by Crippen LogP contribution is 2.24. The Kier molecular flexibility index (Phi) is 6.17. The summed E-state index contributed by atoms with van der Waals surface area (Å²) in [6.45, 7) is 5.08. The summed E-state index contributed by atoms with van der Waals surface area (Å²) in [5.41, 5.74) is 0. The Morgan fingerprint density at radius 1 is 1.00 bits per heavy atom. The van der Waals surface area contributed by atoms with Crippen molar-refractivity contribution in [3.63, 3.8) is 0 Å². The van der Waals surface area contributed by atoms with E-state index in [1.165, 1.54) is 26.7 Å². The van der Waals surface area contributed by atoms with Gasteiger partial charge in [0.05, 0.1) is 0 Å². The predicted octanol–water partition coefficient (Wildman–Crippen LogP) is 2.76. The second-order valence-electron chi connectivity index (χ2n) is 5.66. The molecule has 1 saturated heterocycles. The van der Waals surface area contributed by atoms with Gasteiger partial charge in [-0.3, -0.25) is 14.4 Å². The monoisotopic (exact) mass is 284 g/mol. The lowest BCUT2D eigenvalue weighted by atomic mass is 9.97. The highest BCUT2D eigenvalue weighted by atomic mass is 16.7. The third-order valence-corrected chi connectivity index (χ3v) is 3.26. The molecule has 0 aromatic rings. The molecule has 5 heteroatoms. The predicted molar refractivity (Wildman–Crippen MR) is 72.8 cm³/mol. The number of carbonyl (C=O) groups is 3. The van der Waals surface area contributed by atoms with Gasteiger partial charge in [0.15, 0.2) is 5.78 Å². The Labute approximate surface area is 120 Å². The molecule has 0 aliphatic carbocycles. The second kappa shape index (κ2) is 7.41. The number of rotatable bonds is 8. The highest BCUT2D eigenvalue weighted by molar-refractivity contribution is 6.15. The third-order valence-electron chi connectivity index (χ3n) is 3.26. The quantitative estimate of drug-likeness (QED) is 0.389. The molecule has 1 rings (SSSR count). The minimum absolute atomic E-state index is 0.224. The fourth-order valence-corrected chi connectivity index (χ4v) is 2.21. The van der Waals surface area contributed by atoms with Gasteiger partial charge < -0.3 is 9.47 Å². The van der Waals surface area contributed by atoms with Crippen LogP contribution in [0.2, 0.25) is 0 Å². The molecular weight excluding hydrogens is 260 g/mol. The molecule has 5 nitrogen and oxygen atoms in total. The van der Waals surface area contributed by atoms with Gasteiger partial charge in [-0.2, -0.15) is 0 Å². The Balaban J connectivity index is 2.36. The zero-order valence-corrected chi connectivity index (χ0v) is 12.6. The number of Topliss-reactive ketones (excluding diaryl/α,β-unsaturated/α-hetero) is 1. The van der Waals surface area contributed by atoms with Crippen LogP contribution >= 0.6 is 0 Å². The van der Waals surface area contributed by atoms with E-state index in [1.54, 1.807) is 0 Å². The van der Waals surface area contributed by atoms with Crippen LogP contribution in [0, 0.1) is 5.92 Å². The van der Waals surface area contributed by atoms with Crippen molar-refractivity contribution in [3.05, 3.63) is 0 Å². The van der Waals surface area contributed by atoms with Gasteiger partial charge in [0, 0.05) is 20.3 Å². The van der Waals surface area contributed by atoms with Crippen LogP contribution in [-0.2, 0) is 23.9 Å². The first-order valence-electron chi connectivity index (χ1n) is 7.36. The van der Waals surface area contributed by atoms with E-state index < -0.39 is 29.4 Å². The smallest absolute Gasteiger partial charge is 0.331 e. The number of hydrogen-bond donors (Lipinski definition) is 0. The average molecular weight is 284 g/mol. The van der Waals surface area contributed by atoms with Gasteiger partial charge in [0.1, 0.15) is 0 Å². The number of carbonyl (C=O) groups excluding carboxylic acids is 3. The van der Waals surface area contributed by atoms with E-state index in [9.17, 15) is 14.4 Å².